The summed E-state index contributed by atoms with van der Waals surface area (Å²) >= 11 is 3.30. The quantitative estimate of drug-likeness (QED) is 0.652. The van der Waals surface area contributed by atoms with E-state index in [1.165, 1.54) is 5.51 Å². The molecule has 0 aliphatic heterocycles. The van der Waals surface area contributed by atoms with Gasteiger partial charge in [0, 0.05) is 10.5 Å². The molecule has 0 N–H and O–H groups in total. The Bertz CT molecular complexity index is 398. The molecule has 0 radical (unpaired) electrons. The Balaban J connectivity index is 2.87. The number of thiazole rings is 1. The van der Waals surface area contributed by atoms with Crippen molar-refractivity contribution in [3.8, 4) is 0 Å². The van der Waals surface area contributed by atoms with Crippen LogP contribution in [0, 0.1) is 0 Å². The summed E-state index contributed by atoms with van der Waals surface area (Å²) in [6, 6.07) is 5.57. The molecule has 0 saturated heterocycles. The largest absolute Gasteiger partial charge is 0.589 e. The van der Waals surface area contributed by atoms with Crippen LogP contribution in [0.25, 0.3) is 10.2 Å². The van der Waals surface area contributed by atoms with Gasteiger partial charge in [0.25, 0.3) is 0 Å². The van der Waals surface area contributed by atoms with Crippen LogP contribution in [-0.4, -0.2) is 9.54 Å². The summed E-state index contributed by atoms with van der Waals surface area (Å²) in [4.78, 5) is 3.98. The third kappa shape index (κ3) is 1.17. The van der Waals surface area contributed by atoms with Crippen LogP contribution in [0.1, 0.15) is 0 Å². The van der Waals surface area contributed by atoms with Crippen molar-refractivity contribution in [2.75, 3.05) is 0 Å². The minimum Gasteiger partial charge on any atom is -0.589 e. The lowest BCUT2D eigenvalue weighted by Gasteiger charge is -1.88. The van der Waals surface area contributed by atoms with Crippen molar-refractivity contribution in [2.24, 2.45) is 0 Å². The maximum Gasteiger partial charge on any atom is 0.229 e. The van der Waals surface area contributed by atoms with E-state index in [-0.39, 0.29) is 0 Å². The molecule has 1 aromatic heterocycles. The van der Waals surface area contributed by atoms with E-state index in [1.54, 1.807) is 0 Å². The number of fused-ring (bicyclic) bond motifs is 1. The Morgan fingerprint density at radius 2 is 2.27 bits per heavy atom. The molecule has 1 unspecified atom stereocenters. The zero-order valence-corrected chi connectivity index (χ0v) is 7.85. The zero-order chi connectivity index (χ0) is 7.84. The van der Waals surface area contributed by atoms with Crippen molar-refractivity contribution in [1.29, 1.82) is 0 Å². The molecule has 0 aliphatic rings. The molecule has 2 aromatic rings. The Morgan fingerprint density at radius 1 is 1.45 bits per heavy atom. The summed E-state index contributed by atoms with van der Waals surface area (Å²) in [5.74, 6) is 0. The Labute approximate surface area is 74.8 Å². The molecule has 0 spiro atoms. The van der Waals surface area contributed by atoms with Gasteiger partial charge < -0.3 is 4.55 Å². The minimum atomic E-state index is -1.03. The van der Waals surface area contributed by atoms with Gasteiger partial charge in [0.15, 0.2) is 0 Å². The average Bonchev–Trinajstić information content (AvgIpc) is 2.33. The third-order valence-electron chi connectivity index (χ3n) is 1.43. The Morgan fingerprint density at radius 3 is 3.09 bits per heavy atom. The van der Waals surface area contributed by atoms with Crippen molar-refractivity contribution in [1.82, 2.24) is 4.98 Å². The third-order valence-corrected chi connectivity index (χ3v) is 2.98. The number of nitrogens with zero attached hydrogens (tertiary/aromatic N) is 1. The second-order valence-electron chi connectivity index (χ2n) is 2.14. The highest BCUT2D eigenvalue weighted by Crippen LogP contribution is 2.27. The predicted molar refractivity (Wildman–Crippen MR) is 48.1 cm³/mol. The average molecular weight is 230 g/mol. The maximum atomic E-state index is 11.2. The smallest absolute Gasteiger partial charge is 0.229 e. The highest BCUT2D eigenvalue weighted by molar-refractivity contribution is 9.10. The summed E-state index contributed by atoms with van der Waals surface area (Å²) in [5, 5.41) is 0. The minimum absolute atomic E-state index is 0.791. The van der Waals surface area contributed by atoms with Gasteiger partial charge in [0.1, 0.15) is 5.52 Å². The van der Waals surface area contributed by atoms with Crippen LogP contribution in [0.5, 0.6) is 0 Å². The van der Waals surface area contributed by atoms with E-state index in [4.69, 9.17) is 0 Å². The van der Waals surface area contributed by atoms with Crippen LogP contribution in [0.2, 0.25) is 0 Å². The van der Waals surface area contributed by atoms with Crippen LogP contribution in [0.15, 0.2) is 28.2 Å². The van der Waals surface area contributed by atoms with Gasteiger partial charge in [-0.15, -0.1) is 0 Å². The van der Waals surface area contributed by atoms with Crippen molar-refractivity contribution < 1.29 is 4.55 Å². The second-order valence-corrected chi connectivity index (χ2v) is 4.31. The van der Waals surface area contributed by atoms with Crippen molar-refractivity contribution in [3.05, 3.63) is 28.2 Å². The first-order chi connectivity index (χ1) is 5.27. The summed E-state index contributed by atoms with van der Waals surface area (Å²) in [6.07, 6.45) is 0. The highest BCUT2D eigenvalue weighted by Gasteiger charge is 2.05. The monoisotopic (exact) mass is 229 g/mol. The van der Waals surface area contributed by atoms with Crippen LogP contribution in [-0.2, 0) is 0 Å². The van der Waals surface area contributed by atoms with Crippen LogP contribution >= 0.6 is 26.7 Å². The highest BCUT2D eigenvalue weighted by atomic mass is 79.9. The molecule has 0 bridgehead atoms. The molecular weight excluding hydrogens is 226 g/mol. The zero-order valence-electron chi connectivity index (χ0n) is 5.45. The lowest BCUT2D eigenvalue weighted by atomic mass is 10.3. The van der Waals surface area contributed by atoms with Gasteiger partial charge in [0.2, 0.25) is 10.2 Å². The second kappa shape index (κ2) is 2.55. The predicted octanol–water partition coefficient (Wildman–Crippen LogP) is 2.72. The number of rotatable bonds is 0. The molecular formula is C7H4BrNOS. The SMILES string of the molecule is [O-][s+]1cnc2ccc(Br)cc21. The van der Waals surface area contributed by atoms with E-state index in [9.17, 15) is 4.55 Å². The van der Waals surface area contributed by atoms with Gasteiger partial charge in [-0.25, -0.2) is 0 Å². The summed E-state index contributed by atoms with van der Waals surface area (Å²) in [5.41, 5.74) is 2.27. The van der Waals surface area contributed by atoms with E-state index in [1.807, 2.05) is 18.2 Å². The summed E-state index contributed by atoms with van der Waals surface area (Å²) in [6.45, 7) is 0. The molecule has 0 amide bonds. The summed E-state index contributed by atoms with van der Waals surface area (Å²) in [7, 11) is -1.03. The summed E-state index contributed by atoms with van der Waals surface area (Å²) < 4.78 is 12.9. The molecule has 2 nitrogen and oxygen atoms in total. The van der Waals surface area contributed by atoms with Crippen molar-refractivity contribution in [2.45, 2.75) is 0 Å². The molecule has 1 heterocycles. The normalized spacial score (nSPS) is 12.4. The van der Waals surface area contributed by atoms with E-state index >= 15 is 0 Å². The molecule has 0 aliphatic carbocycles. The van der Waals surface area contributed by atoms with Gasteiger partial charge in [-0.3, -0.25) is 0 Å². The van der Waals surface area contributed by atoms with Crippen molar-refractivity contribution >= 4 is 36.9 Å². The Hall–Kier alpha value is -0.450. The van der Waals surface area contributed by atoms with Gasteiger partial charge in [-0.2, -0.15) is 4.98 Å². The molecule has 2 rings (SSSR count). The fourth-order valence-electron chi connectivity index (χ4n) is 0.917. The number of halogens is 1. The lowest BCUT2D eigenvalue weighted by Crippen LogP contribution is -1.66. The first-order valence-corrected chi connectivity index (χ1v) is 5.02. The number of aromatic nitrogens is 1. The standard InChI is InChI=1S/C7H4BrNOS/c8-5-1-2-6-7(3-5)11(10)4-9-6/h1-4H. The van der Waals surface area contributed by atoms with Gasteiger partial charge in [-0.1, -0.05) is 15.9 Å². The van der Waals surface area contributed by atoms with E-state index in [0.717, 1.165) is 14.7 Å². The molecule has 56 valence electrons. The van der Waals surface area contributed by atoms with Crippen LogP contribution in [0.4, 0.5) is 0 Å². The maximum absolute atomic E-state index is 11.2. The lowest BCUT2D eigenvalue weighted by molar-refractivity contribution is 0.599. The van der Waals surface area contributed by atoms with Crippen molar-refractivity contribution in [3.63, 3.8) is 0 Å². The molecule has 0 saturated carbocycles. The molecule has 11 heavy (non-hydrogen) atoms. The van der Waals surface area contributed by atoms with E-state index < -0.39 is 10.8 Å². The fraction of sp³-hybridized carbons (Fsp3) is 0. The fourth-order valence-corrected chi connectivity index (χ4v) is 2.32. The van der Waals surface area contributed by atoms with Gasteiger partial charge in [-0.05, 0) is 22.9 Å². The van der Waals surface area contributed by atoms with Crippen LogP contribution in [0.3, 0.4) is 0 Å². The van der Waals surface area contributed by atoms with Gasteiger partial charge in [0.05, 0.1) is 0 Å². The number of hydrogen-bond donors (Lipinski definition) is 0. The van der Waals surface area contributed by atoms with Gasteiger partial charge >= 0.3 is 0 Å². The number of benzene rings is 1. The molecule has 4 heteroatoms. The molecule has 1 atom stereocenters. The molecule has 1 aromatic carbocycles. The van der Waals surface area contributed by atoms with E-state index in [0.29, 0.717) is 0 Å². The Kier molecular flexibility index (Phi) is 1.67. The van der Waals surface area contributed by atoms with Crippen LogP contribution < -0.4 is 0 Å². The van der Waals surface area contributed by atoms with E-state index in [2.05, 4.69) is 20.9 Å². The number of hydrogen-bond acceptors (Lipinski definition) is 2. The first kappa shape index (κ1) is 7.21. The first-order valence-electron chi connectivity index (χ1n) is 3.02. The molecule has 0 fully saturated rings. The topological polar surface area (TPSA) is 36.0 Å².